The summed E-state index contributed by atoms with van der Waals surface area (Å²) in [7, 11) is 0. The van der Waals surface area contributed by atoms with Crippen LogP contribution in [-0.4, -0.2) is 35.7 Å². The number of pyridine rings is 1. The van der Waals surface area contributed by atoms with E-state index in [0.29, 0.717) is 6.54 Å². The van der Waals surface area contributed by atoms with Crippen LogP contribution in [0.25, 0.3) is 0 Å². The molecule has 0 saturated heterocycles. The largest absolute Gasteiger partial charge is 0.395 e. The minimum absolute atomic E-state index is 0.0427. The number of amides is 1. The first-order valence-electron chi connectivity index (χ1n) is 4.92. The third-order valence-electron chi connectivity index (χ3n) is 1.80. The number of halogens is 1. The Morgan fingerprint density at radius 3 is 3.00 bits per heavy atom. The summed E-state index contributed by atoms with van der Waals surface area (Å²) in [6, 6.07) is 5.61. The van der Waals surface area contributed by atoms with Crippen molar-refractivity contribution in [3.05, 3.63) is 28.5 Å². The first kappa shape index (κ1) is 13.1. The maximum atomic E-state index is 11.1. The van der Waals surface area contributed by atoms with Crippen molar-refractivity contribution in [1.82, 2.24) is 15.6 Å². The van der Waals surface area contributed by atoms with E-state index in [-0.39, 0.29) is 25.6 Å². The fraction of sp³-hybridized carbons (Fsp3) is 0.400. The summed E-state index contributed by atoms with van der Waals surface area (Å²) in [4.78, 5) is 15.4. The van der Waals surface area contributed by atoms with Gasteiger partial charge in [-0.1, -0.05) is 6.07 Å². The molecule has 1 rings (SSSR count). The lowest BCUT2D eigenvalue weighted by Crippen LogP contribution is -2.35. The molecule has 0 unspecified atom stereocenters. The molecule has 0 radical (unpaired) electrons. The number of hydrogen-bond acceptors (Lipinski definition) is 4. The quantitative estimate of drug-likeness (QED) is 0.646. The summed E-state index contributed by atoms with van der Waals surface area (Å²) < 4.78 is 0.775. The molecule has 0 saturated carbocycles. The summed E-state index contributed by atoms with van der Waals surface area (Å²) >= 11 is 3.27. The van der Waals surface area contributed by atoms with Gasteiger partial charge in [0.05, 0.1) is 18.8 Å². The second-order valence-electron chi connectivity index (χ2n) is 3.13. The van der Waals surface area contributed by atoms with Gasteiger partial charge in [-0.05, 0) is 28.1 Å². The maximum absolute atomic E-state index is 11.1. The van der Waals surface area contributed by atoms with Crippen molar-refractivity contribution in [2.24, 2.45) is 0 Å². The minimum atomic E-state index is -0.135. The normalized spacial score (nSPS) is 10.1. The van der Waals surface area contributed by atoms with Crippen LogP contribution in [0.2, 0.25) is 0 Å². The van der Waals surface area contributed by atoms with Gasteiger partial charge in [0.25, 0.3) is 0 Å². The maximum Gasteiger partial charge on any atom is 0.234 e. The Labute approximate surface area is 102 Å². The molecule has 0 bridgehead atoms. The zero-order valence-corrected chi connectivity index (χ0v) is 10.3. The lowest BCUT2D eigenvalue weighted by Gasteiger charge is -2.05. The van der Waals surface area contributed by atoms with Crippen LogP contribution in [0.3, 0.4) is 0 Å². The Morgan fingerprint density at radius 2 is 2.31 bits per heavy atom. The van der Waals surface area contributed by atoms with Crippen LogP contribution in [0.5, 0.6) is 0 Å². The molecule has 1 heterocycles. The lowest BCUT2D eigenvalue weighted by atomic mass is 10.3. The van der Waals surface area contributed by atoms with Crippen molar-refractivity contribution >= 4 is 21.8 Å². The van der Waals surface area contributed by atoms with E-state index in [2.05, 4.69) is 31.5 Å². The van der Waals surface area contributed by atoms with Gasteiger partial charge in [-0.15, -0.1) is 0 Å². The molecule has 1 aromatic rings. The van der Waals surface area contributed by atoms with Gasteiger partial charge in [0.1, 0.15) is 4.60 Å². The van der Waals surface area contributed by atoms with Crippen LogP contribution in [0.1, 0.15) is 5.69 Å². The van der Waals surface area contributed by atoms with Gasteiger partial charge < -0.3 is 15.7 Å². The molecule has 0 aliphatic carbocycles. The standard InChI is InChI=1S/C10H14BrN3O2/c11-9-3-1-2-8(14-9)6-12-7-10(16)13-4-5-15/h1-3,12,15H,4-7H2,(H,13,16). The molecule has 0 aliphatic rings. The zero-order chi connectivity index (χ0) is 11.8. The Kier molecular flexibility index (Phi) is 5.99. The van der Waals surface area contributed by atoms with Crippen molar-refractivity contribution in [3.8, 4) is 0 Å². The molecule has 1 amide bonds. The fourth-order valence-electron chi connectivity index (χ4n) is 1.11. The molecule has 0 atom stereocenters. The lowest BCUT2D eigenvalue weighted by molar-refractivity contribution is -0.120. The average molecular weight is 288 g/mol. The number of aromatic nitrogens is 1. The van der Waals surface area contributed by atoms with E-state index < -0.39 is 0 Å². The summed E-state index contributed by atoms with van der Waals surface area (Å²) in [5, 5.41) is 14.0. The predicted molar refractivity (Wildman–Crippen MR) is 63.7 cm³/mol. The van der Waals surface area contributed by atoms with Gasteiger partial charge in [0.15, 0.2) is 0 Å². The molecule has 1 aromatic heterocycles. The molecule has 88 valence electrons. The van der Waals surface area contributed by atoms with Crippen molar-refractivity contribution in [1.29, 1.82) is 0 Å². The van der Waals surface area contributed by atoms with E-state index >= 15 is 0 Å². The van der Waals surface area contributed by atoms with Gasteiger partial charge in [-0.3, -0.25) is 4.79 Å². The number of carbonyl (C=O) groups excluding carboxylic acids is 1. The Hall–Kier alpha value is -0.980. The van der Waals surface area contributed by atoms with Crippen LogP contribution >= 0.6 is 15.9 Å². The number of nitrogens with one attached hydrogen (secondary N) is 2. The minimum Gasteiger partial charge on any atom is -0.395 e. The van der Waals surface area contributed by atoms with Crippen LogP contribution in [-0.2, 0) is 11.3 Å². The van der Waals surface area contributed by atoms with Gasteiger partial charge in [-0.2, -0.15) is 0 Å². The second kappa shape index (κ2) is 7.32. The highest BCUT2D eigenvalue weighted by Gasteiger charge is 2.00. The smallest absolute Gasteiger partial charge is 0.234 e. The summed E-state index contributed by atoms with van der Waals surface area (Å²) in [6.07, 6.45) is 0. The average Bonchev–Trinajstić information content (AvgIpc) is 2.26. The van der Waals surface area contributed by atoms with Crippen molar-refractivity contribution in [2.45, 2.75) is 6.54 Å². The number of aliphatic hydroxyl groups excluding tert-OH is 1. The Bertz CT molecular complexity index is 347. The van der Waals surface area contributed by atoms with Gasteiger partial charge >= 0.3 is 0 Å². The molecular formula is C10H14BrN3O2. The van der Waals surface area contributed by atoms with Gasteiger partial charge in [0, 0.05) is 13.1 Å². The van der Waals surface area contributed by atoms with E-state index in [0.717, 1.165) is 10.3 Å². The van der Waals surface area contributed by atoms with Crippen molar-refractivity contribution in [2.75, 3.05) is 19.7 Å². The zero-order valence-electron chi connectivity index (χ0n) is 8.74. The third-order valence-corrected chi connectivity index (χ3v) is 2.24. The second-order valence-corrected chi connectivity index (χ2v) is 3.94. The van der Waals surface area contributed by atoms with Crippen LogP contribution < -0.4 is 10.6 Å². The Balaban J connectivity index is 2.22. The molecule has 6 heteroatoms. The molecule has 0 aliphatic heterocycles. The van der Waals surface area contributed by atoms with E-state index in [1.54, 1.807) is 0 Å². The molecular weight excluding hydrogens is 274 g/mol. The number of carbonyl (C=O) groups is 1. The summed E-state index contributed by atoms with van der Waals surface area (Å²) in [5.74, 6) is -0.135. The molecule has 3 N–H and O–H groups in total. The van der Waals surface area contributed by atoms with Gasteiger partial charge in [-0.25, -0.2) is 4.98 Å². The first-order valence-corrected chi connectivity index (χ1v) is 5.71. The van der Waals surface area contributed by atoms with Crippen LogP contribution in [0.4, 0.5) is 0 Å². The number of rotatable bonds is 6. The monoisotopic (exact) mass is 287 g/mol. The number of nitrogens with zero attached hydrogens (tertiary/aromatic N) is 1. The number of hydrogen-bond donors (Lipinski definition) is 3. The first-order chi connectivity index (χ1) is 7.72. The molecule has 5 nitrogen and oxygen atoms in total. The number of aliphatic hydroxyl groups is 1. The highest BCUT2D eigenvalue weighted by Crippen LogP contribution is 2.05. The van der Waals surface area contributed by atoms with E-state index in [4.69, 9.17) is 5.11 Å². The van der Waals surface area contributed by atoms with Crippen LogP contribution in [0, 0.1) is 0 Å². The highest BCUT2D eigenvalue weighted by molar-refractivity contribution is 9.10. The molecule has 0 spiro atoms. The molecule has 16 heavy (non-hydrogen) atoms. The van der Waals surface area contributed by atoms with Crippen molar-refractivity contribution < 1.29 is 9.90 Å². The predicted octanol–water partition coefficient (Wildman–Crippen LogP) is 0.0422. The van der Waals surface area contributed by atoms with Gasteiger partial charge in [0.2, 0.25) is 5.91 Å². The summed E-state index contributed by atoms with van der Waals surface area (Å²) in [6.45, 7) is 0.995. The van der Waals surface area contributed by atoms with E-state index in [9.17, 15) is 4.79 Å². The molecule has 0 aromatic carbocycles. The van der Waals surface area contributed by atoms with E-state index in [1.807, 2.05) is 18.2 Å². The van der Waals surface area contributed by atoms with E-state index in [1.165, 1.54) is 0 Å². The summed E-state index contributed by atoms with van der Waals surface area (Å²) in [5.41, 5.74) is 0.865. The van der Waals surface area contributed by atoms with Crippen molar-refractivity contribution in [3.63, 3.8) is 0 Å². The van der Waals surface area contributed by atoms with Crippen LogP contribution in [0.15, 0.2) is 22.8 Å². The topological polar surface area (TPSA) is 74.2 Å². The fourth-order valence-corrected chi connectivity index (χ4v) is 1.49. The SMILES string of the molecule is O=C(CNCc1cccc(Br)n1)NCCO. The third kappa shape index (κ3) is 5.20. The highest BCUT2D eigenvalue weighted by atomic mass is 79.9. The Morgan fingerprint density at radius 1 is 1.50 bits per heavy atom. The molecule has 0 fully saturated rings.